The zero-order valence-corrected chi connectivity index (χ0v) is 14.5. The molecule has 0 spiro atoms. The molecule has 0 radical (unpaired) electrons. The fourth-order valence-electron chi connectivity index (χ4n) is 2.63. The van der Waals surface area contributed by atoms with Crippen LogP contribution in [0, 0.1) is 5.92 Å². The first-order valence-electron chi connectivity index (χ1n) is 7.84. The van der Waals surface area contributed by atoms with Crippen molar-refractivity contribution in [1.82, 2.24) is 0 Å². The van der Waals surface area contributed by atoms with Gasteiger partial charge in [0.25, 0.3) is 0 Å². The van der Waals surface area contributed by atoms with Gasteiger partial charge in [0.15, 0.2) is 0 Å². The Morgan fingerprint density at radius 1 is 1.12 bits per heavy atom. The van der Waals surface area contributed by atoms with E-state index in [1.165, 1.54) is 0 Å². The van der Waals surface area contributed by atoms with Crippen molar-refractivity contribution in [1.29, 1.82) is 0 Å². The molecular weight excluding hydrogens is 336 g/mol. The van der Waals surface area contributed by atoms with E-state index in [0.717, 1.165) is 11.8 Å². The van der Waals surface area contributed by atoms with E-state index in [9.17, 15) is 9.59 Å². The van der Waals surface area contributed by atoms with E-state index in [1.807, 2.05) is 6.07 Å². The number of para-hydroxylation sites is 1. The highest BCUT2D eigenvalue weighted by molar-refractivity contribution is 6.30. The van der Waals surface area contributed by atoms with Crippen molar-refractivity contribution in [3.8, 4) is 5.75 Å². The first kappa shape index (κ1) is 18.7. The fraction of sp³-hybridized carbons (Fsp3) is 0.143. The summed E-state index contributed by atoms with van der Waals surface area (Å²) in [5, 5.41) is 0.575. The molecule has 0 bridgehead atoms. The van der Waals surface area contributed by atoms with Crippen LogP contribution in [0.5, 0.6) is 5.75 Å². The maximum Gasteiger partial charge on any atom is 0.339 e. The van der Waals surface area contributed by atoms with Gasteiger partial charge in [0.1, 0.15) is 12.0 Å². The molecule has 0 fully saturated rings. The van der Waals surface area contributed by atoms with E-state index < -0.39 is 17.8 Å². The summed E-state index contributed by atoms with van der Waals surface area (Å²) in [4.78, 5) is 24.1. The van der Waals surface area contributed by atoms with Gasteiger partial charge in [-0.2, -0.15) is 0 Å². The summed E-state index contributed by atoms with van der Waals surface area (Å²) in [7, 11) is 0. The zero-order valence-electron chi connectivity index (χ0n) is 13.7. The van der Waals surface area contributed by atoms with Crippen LogP contribution in [0.4, 0.5) is 0 Å². The number of esters is 1. The van der Waals surface area contributed by atoms with Crippen molar-refractivity contribution in [2.75, 3.05) is 0 Å². The fourth-order valence-corrected chi connectivity index (χ4v) is 2.75. The summed E-state index contributed by atoms with van der Waals surface area (Å²) in [5.41, 5.74) is 0.989. The maximum absolute atomic E-state index is 12.5. The minimum absolute atomic E-state index is 0.213. The minimum atomic E-state index is -0.568. The van der Waals surface area contributed by atoms with Crippen LogP contribution in [0.1, 0.15) is 17.9 Å². The van der Waals surface area contributed by atoms with Crippen LogP contribution in [0.15, 0.2) is 79.4 Å². The van der Waals surface area contributed by atoms with Gasteiger partial charge in [-0.05, 0) is 36.2 Å². The van der Waals surface area contributed by atoms with Crippen LogP contribution in [0.25, 0.3) is 0 Å². The number of hydrogen-bond donors (Lipinski definition) is 0. The molecular formula is C21H19ClO3. The van der Waals surface area contributed by atoms with E-state index in [-0.39, 0.29) is 5.57 Å². The number of ether oxygens (including phenoxy) is 1. The van der Waals surface area contributed by atoms with Crippen LogP contribution < -0.4 is 4.74 Å². The maximum atomic E-state index is 12.5. The number of carbonyl (C=O) groups is 2. The summed E-state index contributed by atoms with van der Waals surface area (Å²) in [6.45, 7) is 7.59. The highest BCUT2D eigenvalue weighted by Gasteiger charge is 2.29. The molecule has 0 saturated heterocycles. The first-order chi connectivity index (χ1) is 12.1. The molecule has 2 aromatic carbocycles. The van der Waals surface area contributed by atoms with Gasteiger partial charge >= 0.3 is 5.97 Å². The van der Waals surface area contributed by atoms with Crippen LogP contribution in [0.2, 0.25) is 5.02 Å². The average molecular weight is 355 g/mol. The molecule has 0 N–H and O–H groups in total. The molecule has 4 heteroatoms. The van der Waals surface area contributed by atoms with Crippen molar-refractivity contribution < 1.29 is 14.3 Å². The molecule has 0 saturated carbocycles. The average Bonchev–Trinajstić information content (AvgIpc) is 2.63. The summed E-state index contributed by atoms with van der Waals surface area (Å²) < 4.78 is 5.37. The number of halogens is 1. The monoisotopic (exact) mass is 354 g/mol. The smallest absolute Gasteiger partial charge is 0.339 e. The van der Waals surface area contributed by atoms with Crippen LogP contribution in [0.3, 0.4) is 0 Å². The number of hydrogen-bond acceptors (Lipinski definition) is 3. The third-order valence-corrected chi connectivity index (χ3v) is 4.11. The van der Waals surface area contributed by atoms with E-state index in [1.54, 1.807) is 54.6 Å². The largest absolute Gasteiger partial charge is 0.423 e. The molecule has 0 heterocycles. The van der Waals surface area contributed by atoms with Gasteiger partial charge in [0, 0.05) is 22.4 Å². The zero-order chi connectivity index (χ0) is 18.2. The van der Waals surface area contributed by atoms with Crippen LogP contribution in [-0.2, 0) is 9.59 Å². The van der Waals surface area contributed by atoms with E-state index >= 15 is 0 Å². The second kappa shape index (κ2) is 9.00. The van der Waals surface area contributed by atoms with Crippen molar-refractivity contribution >= 4 is 23.9 Å². The van der Waals surface area contributed by atoms with Crippen molar-refractivity contribution in [2.24, 2.45) is 5.92 Å². The Labute approximate surface area is 152 Å². The summed E-state index contributed by atoms with van der Waals surface area (Å²) in [6.07, 6.45) is 2.90. The predicted molar refractivity (Wildman–Crippen MR) is 99.8 cm³/mol. The van der Waals surface area contributed by atoms with Gasteiger partial charge < -0.3 is 9.53 Å². The van der Waals surface area contributed by atoms with Gasteiger partial charge in [-0.15, -0.1) is 6.58 Å². The van der Waals surface area contributed by atoms with Crippen molar-refractivity contribution in [3.05, 3.63) is 90.0 Å². The molecule has 0 aromatic heterocycles. The Kier molecular flexibility index (Phi) is 6.72. The highest BCUT2D eigenvalue weighted by atomic mass is 35.5. The normalized spacial score (nSPS) is 12.7. The molecule has 0 aliphatic rings. The molecule has 2 rings (SSSR count). The van der Waals surface area contributed by atoms with Crippen LogP contribution >= 0.6 is 11.6 Å². The molecule has 128 valence electrons. The Morgan fingerprint density at radius 2 is 1.76 bits per heavy atom. The van der Waals surface area contributed by atoms with E-state index in [2.05, 4.69) is 13.2 Å². The highest BCUT2D eigenvalue weighted by Crippen LogP contribution is 2.34. The molecule has 25 heavy (non-hydrogen) atoms. The lowest BCUT2D eigenvalue weighted by atomic mass is 9.80. The quantitative estimate of drug-likeness (QED) is 0.221. The molecule has 0 unspecified atom stereocenters. The molecule has 0 aliphatic carbocycles. The van der Waals surface area contributed by atoms with Crippen molar-refractivity contribution in [2.45, 2.75) is 12.3 Å². The van der Waals surface area contributed by atoms with Crippen molar-refractivity contribution in [3.63, 3.8) is 0 Å². The Morgan fingerprint density at radius 3 is 2.32 bits per heavy atom. The van der Waals surface area contributed by atoms with Gasteiger partial charge in [0.05, 0.1) is 0 Å². The second-order valence-electron chi connectivity index (χ2n) is 5.58. The molecule has 2 aromatic rings. The molecule has 0 amide bonds. The Hall–Kier alpha value is -2.65. The number of rotatable bonds is 8. The van der Waals surface area contributed by atoms with Gasteiger partial charge in [0.2, 0.25) is 0 Å². The lowest BCUT2D eigenvalue weighted by Gasteiger charge is -2.24. The van der Waals surface area contributed by atoms with Gasteiger partial charge in [-0.1, -0.05) is 54.6 Å². The minimum Gasteiger partial charge on any atom is -0.423 e. The Balaban J connectivity index is 2.31. The number of aldehydes is 1. The molecule has 2 atom stereocenters. The lowest BCUT2D eigenvalue weighted by molar-refractivity contribution is -0.130. The standard InChI is InChI=1S/C21H19ClO3/c1-3-7-17(14-23)20(16-10-12-18(22)13-11-16)15(2)21(24)25-19-8-5-4-6-9-19/h3-6,8-14,17,20H,1-2,7H2/t17-,20+/m0/s1. The first-order valence-corrected chi connectivity index (χ1v) is 8.22. The summed E-state index contributed by atoms with van der Waals surface area (Å²) in [6, 6.07) is 15.7. The lowest BCUT2D eigenvalue weighted by Crippen LogP contribution is -2.23. The Bertz CT molecular complexity index is 750. The van der Waals surface area contributed by atoms with Crippen LogP contribution in [-0.4, -0.2) is 12.3 Å². The molecule has 0 aliphatic heterocycles. The molecule has 3 nitrogen and oxygen atoms in total. The van der Waals surface area contributed by atoms with E-state index in [0.29, 0.717) is 17.2 Å². The number of carbonyl (C=O) groups excluding carboxylic acids is 2. The third kappa shape index (κ3) is 4.91. The van der Waals surface area contributed by atoms with Gasteiger partial charge in [-0.25, -0.2) is 4.79 Å². The second-order valence-corrected chi connectivity index (χ2v) is 6.02. The van der Waals surface area contributed by atoms with E-state index in [4.69, 9.17) is 16.3 Å². The van der Waals surface area contributed by atoms with Gasteiger partial charge in [-0.3, -0.25) is 0 Å². The predicted octanol–water partition coefficient (Wildman–Crippen LogP) is 4.98. The number of benzene rings is 2. The summed E-state index contributed by atoms with van der Waals surface area (Å²) in [5.74, 6) is -1.12. The SMILES string of the molecule is C=CC[C@@H](C=O)[C@H](C(=C)C(=O)Oc1ccccc1)c1ccc(Cl)cc1. The number of allylic oxidation sites excluding steroid dienone is 1. The third-order valence-electron chi connectivity index (χ3n) is 3.86. The summed E-state index contributed by atoms with van der Waals surface area (Å²) >= 11 is 5.94. The topological polar surface area (TPSA) is 43.4 Å².